The molecule has 0 aliphatic rings. The average Bonchev–Trinajstić information content (AvgIpc) is 2.82. The maximum atomic E-state index is 4.62. The lowest BCUT2D eigenvalue weighted by molar-refractivity contribution is 0.647. The Kier molecular flexibility index (Phi) is 3.99. The molecule has 0 fully saturated rings. The Morgan fingerprint density at radius 2 is 2.18 bits per heavy atom. The van der Waals surface area contributed by atoms with Crippen LogP contribution in [-0.2, 0) is 13.0 Å². The van der Waals surface area contributed by atoms with Crippen molar-refractivity contribution in [3.05, 3.63) is 31.9 Å². The van der Waals surface area contributed by atoms with Crippen molar-refractivity contribution in [2.45, 2.75) is 40.2 Å². The van der Waals surface area contributed by atoms with Gasteiger partial charge in [-0.2, -0.15) is 5.10 Å². The van der Waals surface area contributed by atoms with Crippen LogP contribution in [0.1, 0.15) is 35.4 Å². The zero-order valence-corrected chi connectivity index (χ0v) is 12.7. The lowest BCUT2D eigenvalue weighted by atomic mass is 10.3. The van der Waals surface area contributed by atoms with Gasteiger partial charge >= 0.3 is 0 Å². The van der Waals surface area contributed by atoms with Crippen LogP contribution in [0.25, 0.3) is 0 Å². The minimum Gasteiger partial charge on any atom is -0.262 e. The van der Waals surface area contributed by atoms with Gasteiger partial charge in [-0.1, -0.05) is 6.92 Å². The predicted octanol–water partition coefficient (Wildman–Crippen LogP) is 3.72. The van der Waals surface area contributed by atoms with Gasteiger partial charge in [0.05, 0.1) is 33.1 Å². The Morgan fingerprint density at radius 3 is 2.76 bits per heavy atom. The molecule has 17 heavy (non-hydrogen) atoms. The first-order chi connectivity index (χ1) is 8.11. The van der Waals surface area contributed by atoms with Gasteiger partial charge in [-0.3, -0.25) is 4.68 Å². The third kappa shape index (κ3) is 2.77. The van der Waals surface area contributed by atoms with Gasteiger partial charge < -0.3 is 0 Å². The second-order valence-electron chi connectivity index (χ2n) is 4.13. The molecule has 5 heteroatoms. The van der Waals surface area contributed by atoms with Crippen LogP contribution in [0.15, 0.2) is 9.85 Å². The molecule has 0 atom stereocenters. The van der Waals surface area contributed by atoms with Crippen LogP contribution in [-0.4, -0.2) is 14.8 Å². The largest absolute Gasteiger partial charge is 0.262 e. The minimum atomic E-state index is 0.762. The molecule has 0 radical (unpaired) electrons. The van der Waals surface area contributed by atoms with Crippen LogP contribution in [0.5, 0.6) is 0 Å². The zero-order chi connectivity index (χ0) is 12.4. The molecule has 0 bridgehead atoms. The molecule has 0 aliphatic heterocycles. The summed E-state index contributed by atoms with van der Waals surface area (Å²) in [5.41, 5.74) is 3.30. The Labute approximate surface area is 114 Å². The zero-order valence-electron chi connectivity index (χ0n) is 10.3. The van der Waals surface area contributed by atoms with Gasteiger partial charge in [0.15, 0.2) is 0 Å². The number of aryl methyl sites for hydroxylation is 2. The fourth-order valence-corrected chi connectivity index (χ4v) is 2.91. The summed E-state index contributed by atoms with van der Waals surface area (Å²) in [5, 5.41) is 7.85. The summed E-state index contributed by atoms with van der Waals surface area (Å²) in [4.78, 5) is 4.62. The molecule has 2 aromatic rings. The number of hydrogen-bond acceptors (Lipinski definition) is 3. The van der Waals surface area contributed by atoms with E-state index in [0.29, 0.717) is 0 Å². The van der Waals surface area contributed by atoms with E-state index in [9.17, 15) is 0 Å². The van der Waals surface area contributed by atoms with E-state index >= 15 is 0 Å². The molecular weight excluding hydrogens is 298 g/mol. The van der Waals surface area contributed by atoms with E-state index in [2.05, 4.69) is 45.2 Å². The number of hydrogen-bond donors (Lipinski definition) is 0. The molecule has 0 spiro atoms. The van der Waals surface area contributed by atoms with Crippen molar-refractivity contribution >= 4 is 27.3 Å². The third-order valence-corrected chi connectivity index (χ3v) is 4.77. The smallest absolute Gasteiger partial charge is 0.0928 e. The van der Waals surface area contributed by atoms with Gasteiger partial charge in [-0.25, -0.2) is 4.98 Å². The van der Waals surface area contributed by atoms with Gasteiger partial charge in [-0.05, 0) is 42.6 Å². The minimum absolute atomic E-state index is 0.762. The van der Waals surface area contributed by atoms with Gasteiger partial charge in [-0.15, -0.1) is 11.3 Å². The first-order valence-corrected chi connectivity index (χ1v) is 7.42. The lowest BCUT2D eigenvalue weighted by Crippen LogP contribution is -2.04. The van der Waals surface area contributed by atoms with Crippen LogP contribution in [0.4, 0.5) is 0 Å². The second kappa shape index (κ2) is 5.31. The van der Waals surface area contributed by atoms with Gasteiger partial charge in [0.2, 0.25) is 0 Å². The van der Waals surface area contributed by atoms with Crippen molar-refractivity contribution in [2.24, 2.45) is 0 Å². The van der Waals surface area contributed by atoms with Crippen molar-refractivity contribution in [3.8, 4) is 0 Å². The topological polar surface area (TPSA) is 30.7 Å². The van der Waals surface area contributed by atoms with Gasteiger partial charge in [0, 0.05) is 5.38 Å². The fourth-order valence-electron chi connectivity index (χ4n) is 1.73. The van der Waals surface area contributed by atoms with Crippen LogP contribution in [0.3, 0.4) is 0 Å². The van der Waals surface area contributed by atoms with Gasteiger partial charge in [0.1, 0.15) is 0 Å². The van der Waals surface area contributed by atoms with E-state index < -0.39 is 0 Å². The van der Waals surface area contributed by atoms with E-state index in [1.807, 2.05) is 11.6 Å². The third-order valence-electron chi connectivity index (χ3n) is 2.67. The molecule has 0 N–H and O–H groups in total. The summed E-state index contributed by atoms with van der Waals surface area (Å²) in [7, 11) is 0. The summed E-state index contributed by atoms with van der Waals surface area (Å²) < 4.78 is 3.10. The van der Waals surface area contributed by atoms with E-state index in [4.69, 9.17) is 0 Å². The Morgan fingerprint density at radius 1 is 1.41 bits per heavy atom. The molecule has 0 unspecified atom stereocenters. The molecule has 0 aromatic carbocycles. The molecule has 92 valence electrons. The first-order valence-electron chi connectivity index (χ1n) is 5.74. The number of thiazole rings is 1. The van der Waals surface area contributed by atoms with Crippen molar-refractivity contribution in [2.75, 3.05) is 0 Å². The van der Waals surface area contributed by atoms with Crippen LogP contribution >= 0.6 is 27.3 Å². The summed E-state index contributed by atoms with van der Waals surface area (Å²) >= 11 is 5.29. The lowest BCUT2D eigenvalue weighted by Gasteiger charge is -2.01. The molecule has 2 aromatic heterocycles. The summed E-state index contributed by atoms with van der Waals surface area (Å²) in [6.45, 7) is 7.03. The molecule has 0 saturated heterocycles. The van der Waals surface area contributed by atoms with E-state index in [1.54, 1.807) is 11.3 Å². The van der Waals surface area contributed by atoms with Crippen molar-refractivity contribution < 1.29 is 0 Å². The van der Waals surface area contributed by atoms with Crippen molar-refractivity contribution in [1.82, 2.24) is 14.8 Å². The monoisotopic (exact) mass is 313 g/mol. The summed E-state index contributed by atoms with van der Waals surface area (Å²) in [6.07, 6.45) is 2.23. The molecule has 2 heterocycles. The highest BCUT2D eigenvalue weighted by Crippen LogP contribution is 2.21. The number of aromatic nitrogens is 3. The van der Waals surface area contributed by atoms with Crippen LogP contribution in [0.2, 0.25) is 0 Å². The van der Waals surface area contributed by atoms with Crippen molar-refractivity contribution in [3.63, 3.8) is 0 Å². The molecular formula is C12H16BrN3S. The number of halogens is 1. The highest BCUT2D eigenvalue weighted by Gasteiger charge is 2.10. The predicted molar refractivity (Wildman–Crippen MR) is 74.6 cm³/mol. The average molecular weight is 314 g/mol. The fraction of sp³-hybridized carbons (Fsp3) is 0.500. The SMILES string of the molecule is CCCc1nc(Cn2nc(C)c(Br)c2C)cs1. The van der Waals surface area contributed by atoms with Crippen LogP contribution < -0.4 is 0 Å². The van der Waals surface area contributed by atoms with E-state index in [1.165, 1.54) is 5.01 Å². The first kappa shape index (κ1) is 12.8. The van der Waals surface area contributed by atoms with E-state index in [0.717, 1.165) is 40.9 Å². The normalized spacial score (nSPS) is 11.1. The molecule has 2 rings (SSSR count). The molecule has 0 saturated carbocycles. The summed E-state index contributed by atoms with van der Waals surface area (Å²) in [5.74, 6) is 0. The quantitative estimate of drug-likeness (QED) is 0.861. The Balaban J connectivity index is 2.16. The molecule has 3 nitrogen and oxygen atoms in total. The summed E-state index contributed by atoms with van der Waals surface area (Å²) in [6, 6.07) is 0. The molecule has 0 aliphatic carbocycles. The standard InChI is InChI=1S/C12H16BrN3S/c1-4-5-11-14-10(7-17-11)6-16-9(3)12(13)8(2)15-16/h7H,4-6H2,1-3H3. The van der Waals surface area contributed by atoms with Gasteiger partial charge in [0.25, 0.3) is 0 Å². The highest BCUT2D eigenvalue weighted by atomic mass is 79.9. The number of rotatable bonds is 4. The highest BCUT2D eigenvalue weighted by molar-refractivity contribution is 9.10. The maximum absolute atomic E-state index is 4.62. The van der Waals surface area contributed by atoms with Crippen LogP contribution in [0, 0.1) is 13.8 Å². The number of nitrogens with zero attached hydrogens (tertiary/aromatic N) is 3. The van der Waals surface area contributed by atoms with Crippen molar-refractivity contribution in [1.29, 1.82) is 0 Å². The molecule has 0 amide bonds. The van der Waals surface area contributed by atoms with E-state index in [-0.39, 0.29) is 0 Å². The maximum Gasteiger partial charge on any atom is 0.0928 e. The Bertz CT molecular complexity index is 516. The second-order valence-corrected chi connectivity index (χ2v) is 5.86. The Hall–Kier alpha value is -0.680.